The van der Waals surface area contributed by atoms with Gasteiger partial charge in [0, 0.05) is 60.2 Å². The first kappa shape index (κ1) is 52.4. The Balaban J connectivity index is 0.815. The first-order valence-corrected chi connectivity index (χ1v) is 27.0. The van der Waals surface area contributed by atoms with E-state index in [0.29, 0.717) is 105 Å². The topological polar surface area (TPSA) is 235 Å². The number of halogens is 1. The Morgan fingerprint density at radius 3 is 1.88 bits per heavy atom. The largest absolute Gasteiger partial charge is 0.493 e. The number of methoxy groups -OCH3 is 2. The molecule has 6 amide bonds. The Bertz CT molecular complexity index is 3210. The summed E-state index contributed by atoms with van der Waals surface area (Å²) in [7, 11) is 2.99. The number of ketones is 1. The Hall–Kier alpha value is -8.01. The number of nitrogens with one attached hydrogen (secondary N) is 5. The van der Waals surface area contributed by atoms with Gasteiger partial charge in [-0.15, -0.1) is 0 Å². The van der Waals surface area contributed by atoms with Gasteiger partial charge in [0.1, 0.15) is 19.0 Å². The summed E-state index contributed by atoms with van der Waals surface area (Å²) in [5, 5.41) is 13.9. The molecule has 398 valence electrons. The van der Waals surface area contributed by atoms with Gasteiger partial charge in [0.05, 0.1) is 72.9 Å². The number of alkyl halides is 1. The molecule has 1 aliphatic carbocycles. The molecule has 5 aliphatic rings. The number of carbonyl (C=O) groups is 7. The molecule has 10 rings (SSSR count). The third-order valence-electron chi connectivity index (χ3n) is 14.6. The number of hydrogen-bond acceptors (Lipinski definition) is 13. The fourth-order valence-electron chi connectivity index (χ4n) is 10.7. The number of aliphatic imine (C=N–C) groups is 1. The highest BCUT2D eigenvalue weighted by atomic mass is 127. The smallest absolute Gasteiger partial charge is 0.261 e. The number of hydrogen-bond donors (Lipinski definition) is 5. The Kier molecular flexibility index (Phi) is 15.7. The molecule has 77 heavy (non-hydrogen) atoms. The summed E-state index contributed by atoms with van der Waals surface area (Å²) < 4.78 is 24.8. The summed E-state index contributed by atoms with van der Waals surface area (Å²) in [4.78, 5) is 100.0. The minimum atomic E-state index is -0.628. The predicted molar refractivity (Wildman–Crippen MR) is 296 cm³/mol. The summed E-state index contributed by atoms with van der Waals surface area (Å²) in [6.07, 6.45) is 5.57. The van der Waals surface area contributed by atoms with Crippen molar-refractivity contribution in [2.75, 3.05) is 65.3 Å². The number of ether oxygens (including phenoxy) is 4. The molecule has 5 aromatic rings. The molecular weight excluding hydrogens is 1100 g/mol. The average molecular weight is 1160 g/mol. The van der Waals surface area contributed by atoms with E-state index >= 15 is 0 Å². The van der Waals surface area contributed by atoms with E-state index in [1.807, 2.05) is 59.5 Å². The minimum Gasteiger partial charge on any atom is -0.493 e. The van der Waals surface area contributed by atoms with Crippen molar-refractivity contribution in [3.63, 3.8) is 0 Å². The average Bonchev–Trinajstić information content (AvgIpc) is 3.97. The molecule has 0 unspecified atom stereocenters. The van der Waals surface area contributed by atoms with Crippen molar-refractivity contribution in [2.24, 2.45) is 16.8 Å². The van der Waals surface area contributed by atoms with E-state index < -0.39 is 30.8 Å². The lowest BCUT2D eigenvalue weighted by Crippen LogP contribution is -2.44. The normalized spacial score (nSPS) is 18.6. The number of anilines is 4. The maximum atomic E-state index is 14.1. The van der Waals surface area contributed by atoms with Crippen molar-refractivity contribution < 1.29 is 52.5 Å². The zero-order valence-corrected chi connectivity index (χ0v) is 44.6. The Labute approximate surface area is 457 Å². The van der Waals surface area contributed by atoms with Crippen LogP contribution in [0, 0.1) is 11.8 Å². The second-order valence-electron chi connectivity index (χ2n) is 19.5. The van der Waals surface area contributed by atoms with Crippen LogP contribution in [0.15, 0.2) is 96.0 Å². The van der Waals surface area contributed by atoms with Gasteiger partial charge in [0.15, 0.2) is 23.0 Å². The van der Waals surface area contributed by atoms with Crippen molar-refractivity contribution in [1.82, 2.24) is 16.0 Å². The molecule has 4 heterocycles. The summed E-state index contributed by atoms with van der Waals surface area (Å²) in [5.74, 6) is -1.15. The van der Waals surface area contributed by atoms with Crippen LogP contribution >= 0.6 is 22.6 Å². The van der Waals surface area contributed by atoms with Crippen molar-refractivity contribution in [2.45, 2.75) is 63.8 Å². The van der Waals surface area contributed by atoms with Crippen molar-refractivity contribution >= 4 is 98.5 Å². The van der Waals surface area contributed by atoms with E-state index in [1.165, 1.54) is 14.2 Å². The molecule has 19 nitrogen and oxygen atoms in total. The van der Waals surface area contributed by atoms with Crippen LogP contribution in [0.4, 0.5) is 28.4 Å². The number of rotatable bonds is 18. The fourth-order valence-corrected chi connectivity index (χ4v) is 11.3. The maximum absolute atomic E-state index is 14.1. The van der Waals surface area contributed by atoms with Crippen LogP contribution < -0.4 is 55.3 Å². The standard InChI is InChI=1S/C57H57IN8O11/c1-74-48-20-41-43(59-25-39-18-36-7-3-5-9-45(36)65(39)56(41)72)22-50(48)76-30-32-15-33(31-77-51-23-44-42(21-49(51)75-2)57(73)66-40(26-60-44)19-37-8-4-6-10-46(37)66)17-38(16-32)64-54(70)29-62-52(68)27-61-53(69)28-63-55(71)35-13-11-34(12-14-35)47(67)24-58/h3-10,15-17,20-23,25,34-35,39-40,60H,11-14,18-19,24,26-31H2,1-2H3,(H,61,69)(H,62,68)(H,63,71)(H,64,70)/t34?,35?,39-,40-/m0/s1. The highest BCUT2D eigenvalue weighted by Gasteiger charge is 2.39. The lowest BCUT2D eigenvalue weighted by atomic mass is 9.80. The van der Waals surface area contributed by atoms with Gasteiger partial charge in [-0.05, 0) is 96.8 Å². The molecule has 20 heteroatoms. The van der Waals surface area contributed by atoms with Crippen LogP contribution in [0.2, 0.25) is 0 Å². The molecule has 0 spiro atoms. The van der Waals surface area contributed by atoms with Crippen LogP contribution in [-0.2, 0) is 50.0 Å². The summed E-state index contributed by atoms with van der Waals surface area (Å²) in [6, 6.07) is 27.4. The molecule has 0 aromatic heterocycles. The van der Waals surface area contributed by atoms with Gasteiger partial charge in [-0.25, -0.2) is 0 Å². The number of fused-ring (bicyclic) bond motifs is 8. The third kappa shape index (κ3) is 11.4. The van der Waals surface area contributed by atoms with E-state index in [0.717, 1.165) is 28.9 Å². The molecule has 1 saturated carbocycles. The lowest BCUT2D eigenvalue weighted by molar-refractivity contribution is -0.131. The van der Waals surface area contributed by atoms with E-state index in [9.17, 15) is 33.6 Å². The number of carbonyl (C=O) groups excluding carboxylic acids is 7. The van der Waals surface area contributed by atoms with Gasteiger partial charge in [-0.2, -0.15) is 0 Å². The maximum Gasteiger partial charge on any atom is 0.261 e. The molecule has 0 radical (unpaired) electrons. The molecule has 5 aromatic carbocycles. The van der Waals surface area contributed by atoms with Crippen LogP contribution in [-0.4, -0.2) is 104 Å². The van der Waals surface area contributed by atoms with Gasteiger partial charge in [0.25, 0.3) is 11.8 Å². The van der Waals surface area contributed by atoms with E-state index in [1.54, 1.807) is 47.5 Å². The van der Waals surface area contributed by atoms with Crippen molar-refractivity contribution in [3.8, 4) is 23.0 Å². The van der Waals surface area contributed by atoms with Gasteiger partial charge in [-0.1, -0.05) is 59.0 Å². The fraction of sp³-hybridized carbons (Fsp3) is 0.333. The minimum absolute atomic E-state index is 0.0144. The zero-order chi connectivity index (χ0) is 53.7. The van der Waals surface area contributed by atoms with Crippen LogP contribution in [0.25, 0.3) is 0 Å². The lowest BCUT2D eigenvalue weighted by Gasteiger charge is -2.26. The second-order valence-corrected chi connectivity index (χ2v) is 20.3. The molecule has 4 aliphatic heterocycles. The van der Waals surface area contributed by atoms with Gasteiger partial charge in [-0.3, -0.25) is 43.5 Å². The molecule has 2 atom stereocenters. The summed E-state index contributed by atoms with van der Waals surface area (Å²) in [6.45, 7) is -0.704. The highest BCUT2D eigenvalue weighted by Crippen LogP contribution is 2.43. The first-order valence-electron chi connectivity index (χ1n) is 25.5. The SMILES string of the molecule is COc1cc2c(cc1OCc1cc(COc3cc4c(cc3OC)C(=O)N3c5ccccc5C[C@H]3CN4)cc(NC(=O)CNC(=O)CNC(=O)CNC(=O)C3CCC(C(=O)CI)CC3)c1)N=C[C@@H]1Cc3ccccc3N1C2=O. The van der Waals surface area contributed by atoms with Crippen molar-refractivity contribution in [1.29, 1.82) is 0 Å². The summed E-state index contributed by atoms with van der Waals surface area (Å²) >= 11 is 2.05. The quantitative estimate of drug-likeness (QED) is 0.0485. The summed E-state index contributed by atoms with van der Waals surface area (Å²) in [5.41, 5.74) is 7.31. The van der Waals surface area contributed by atoms with Crippen LogP contribution in [0.5, 0.6) is 23.0 Å². The first-order chi connectivity index (χ1) is 37.4. The Morgan fingerprint density at radius 2 is 1.22 bits per heavy atom. The number of benzene rings is 5. The van der Waals surface area contributed by atoms with E-state index in [-0.39, 0.29) is 67.2 Å². The Morgan fingerprint density at radius 1 is 0.649 bits per heavy atom. The molecule has 0 bridgehead atoms. The van der Waals surface area contributed by atoms with E-state index in [2.05, 4.69) is 49.2 Å². The van der Waals surface area contributed by atoms with Crippen molar-refractivity contribution in [3.05, 3.63) is 124 Å². The molecular formula is C57H57IN8O11. The van der Waals surface area contributed by atoms with E-state index in [4.69, 9.17) is 23.9 Å². The van der Waals surface area contributed by atoms with Gasteiger partial charge >= 0.3 is 0 Å². The molecule has 5 N–H and O–H groups in total. The van der Waals surface area contributed by atoms with Crippen LogP contribution in [0.1, 0.15) is 68.7 Å². The molecule has 0 saturated heterocycles. The number of nitrogens with zero attached hydrogens (tertiary/aromatic N) is 3. The monoisotopic (exact) mass is 1160 g/mol. The number of para-hydroxylation sites is 2. The highest BCUT2D eigenvalue weighted by molar-refractivity contribution is 14.1. The predicted octanol–water partition coefficient (Wildman–Crippen LogP) is 6.24. The number of Topliss-reactive ketones (excluding diaryl/α,β-unsaturated/α-hetero) is 1. The van der Waals surface area contributed by atoms with Gasteiger partial charge in [0.2, 0.25) is 23.6 Å². The van der Waals surface area contributed by atoms with Gasteiger partial charge < -0.3 is 50.4 Å². The molecule has 1 fully saturated rings. The third-order valence-corrected chi connectivity index (χ3v) is 15.4. The van der Waals surface area contributed by atoms with Crippen LogP contribution in [0.3, 0.4) is 0 Å². The zero-order valence-electron chi connectivity index (χ0n) is 42.4. The number of amides is 6. The second kappa shape index (κ2) is 23.1.